The molecule has 0 N–H and O–H groups in total. The fourth-order valence-corrected chi connectivity index (χ4v) is 1.90. The molecule has 0 aliphatic carbocycles. The summed E-state index contributed by atoms with van der Waals surface area (Å²) in [5.41, 5.74) is 2.30. The fourth-order valence-electron chi connectivity index (χ4n) is 1.90. The average Bonchev–Trinajstić information content (AvgIpc) is 2.44. The zero-order valence-corrected chi connectivity index (χ0v) is 12.6. The van der Waals surface area contributed by atoms with E-state index in [-0.39, 0.29) is 5.97 Å². The van der Waals surface area contributed by atoms with Gasteiger partial charge in [0.2, 0.25) is 0 Å². The fraction of sp³-hybridized carbons (Fsp3) is 0.389. The van der Waals surface area contributed by atoms with E-state index >= 15 is 0 Å². The summed E-state index contributed by atoms with van der Waals surface area (Å²) < 4.78 is 5.23. The van der Waals surface area contributed by atoms with Gasteiger partial charge in [-0.3, -0.25) is 4.79 Å². The predicted molar refractivity (Wildman–Crippen MR) is 83.5 cm³/mol. The number of carbonyl (C=O) groups excluding carboxylic acids is 1. The van der Waals surface area contributed by atoms with E-state index in [1.54, 1.807) is 0 Å². The summed E-state index contributed by atoms with van der Waals surface area (Å²) in [7, 11) is 0. The van der Waals surface area contributed by atoms with Gasteiger partial charge in [-0.05, 0) is 31.7 Å². The Morgan fingerprint density at radius 2 is 2.00 bits per heavy atom. The van der Waals surface area contributed by atoms with Gasteiger partial charge in [0.25, 0.3) is 0 Å². The Hall–Kier alpha value is -1.83. The lowest BCUT2D eigenvalue weighted by Gasteiger charge is -2.07. The van der Waals surface area contributed by atoms with Crippen molar-refractivity contribution < 1.29 is 9.53 Å². The zero-order chi connectivity index (χ0) is 14.8. The van der Waals surface area contributed by atoms with Gasteiger partial charge in [0.1, 0.15) is 0 Å². The highest BCUT2D eigenvalue weighted by Crippen LogP contribution is 2.11. The van der Waals surface area contributed by atoms with Crippen LogP contribution >= 0.6 is 0 Å². The minimum absolute atomic E-state index is 0.163. The predicted octanol–water partition coefficient (Wildman–Crippen LogP) is 4.32. The molecule has 0 spiro atoms. The third-order valence-electron chi connectivity index (χ3n) is 3.24. The van der Waals surface area contributed by atoms with Gasteiger partial charge in [-0.25, -0.2) is 0 Å². The monoisotopic (exact) mass is 272 g/mol. The van der Waals surface area contributed by atoms with Gasteiger partial charge in [-0.1, -0.05) is 61.1 Å². The summed E-state index contributed by atoms with van der Waals surface area (Å²) in [6, 6.07) is 9.66. The Kier molecular flexibility index (Phi) is 7.41. The van der Waals surface area contributed by atoms with Crippen molar-refractivity contribution in [3.63, 3.8) is 0 Å². The maximum Gasteiger partial charge on any atom is 0.310 e. The standard InChI is InChI=1S/C18H24O2/c1-4-9-15(2)16(3)10-8-13-20-18(19)14-17-11-6-5-7-12-17/h4-7,9-12,15H,8,13-14H2,1-3H3/b9-4+,16-10+. The third kappa shape index (κ3) is 6.37. The van der Waals surface area contributed by atoms with Crippen LogP contribution in [0.15, 0.2) is 54.1 Å². The first kappa shape index (κ1) is 16.2. The largest absolute Gasteiger partial charge is 0.465 e. The summed E-state index contributed by atoms with van der Waals surface area (Å²) in [6.45, 7) is 6.74. The highest BCUT2D eigenvalue weighted by molar-refractivity contribution is 5.72. The van der Waals surface area contributed by atoms with Crippen LogP contribution in [0.2, 0.25) is 0 Å². The summed E-state index contributed by atoms with van der Waals surface area (Å²) in [6.07, 6.45) is 7.47. The van der Waals surface area contributed by atoms with Crippen molar-refractivity contribution in [2.45, 2.75) is 33.6 Å². The van der Waals surface area contributed by atoms with Gasteiger partial charge in [0, 0.05) is 0 Å². The molecule has 1 aromatic rings. The molecule has 0 fully saturated rings. The molecule has 0 saturated heterocycles. The number of ether oxygens (including phenoxy) is 1. The smallest absolute Gasteiger partial charge is 0.310 e. The Morgan fingerprint density at radius 3 is 2.65 bits per heavy atom. The first-order chi connectivity index (χ1) is 9.63. The summed E-state index contributed by atoms with van der Waals surface area (Å²) in [5.74, 6) is 0.281. The van der Waals surface area contributed by atoms with Crippen LogP contribution in [0.1, 0.15) is 32.8 Å². The van der Waals surface area contributed by atoms with Crippen LogP contribution in [0.3, 0.4) is 0 Å². The molecule has 20 heavy (non-hydrogen) atoms. The molecular weight excluding hydrogens is 248 g/mol. The molecule has 0 aliphatic heterocycles. The van der Waals surface area contributed by atoms with E-state index in [0.717, 1.165) is 12.0 Å². The van der Waals surface area contributed by atoms with Crippen LogP contribution in [0.4, 0.5) is 0 Å². The first-order valence-electron chi connectivity index (χ1n) is 7.12. The Labute approximate surface area is 122 Å². The van der Waals surface area contributed by atoms with Gasteiger partial charge in [0.15, 0.2) is 0 Å². The van der Waals surface area contributed by atoms with E-state index in [1.807, 2.05) is 37.3 Å². The Balaban J connectivity index is 2.27. The summed E-state index contributed by atoms with van der Waals surface area (Å²) in [4.78, 5) is 11.6. The molecule has 0 aromatic heterocycles. The highest BCUT2D eigenvalue weighted by atomic mass is 16.5. The van der Waals surface area contributed by atoms with Crippen LogP contribution in [0.5, 0.6) is 0 Å². The zero-order valence-electron chi connectivity index (χ0n) is 12.6. The molecule has 0 bridgehead atoms. The molecule has 0 amide bonds. The molecule has 0 saturated carbocycles. The van der Waals surface area contributed by atoms with Gasteiger partial charge in [0.05, 0.1) is 13.0 Å². The molecule has 2 heteroatoms. The van der Waals surface area contributed by atoms with Crippen molar-refractivity contribution in [1.29, 1.82) is 0 Å². The van der Waals surface area contributed by atoms with Gasteiger partial charge in [-0.2, -0.15) is 0 Å². The molecule has 1 atom stereocenters. The van der Waals surface area contributed by atoms with Crippen molar-refractivity contribution in [2.75, 3.05) is 6.61 Å². The summed E-state index contributed by atoms with van der Waals surface area (Å²) in [5, 5.41) is 0. The minimum atomic E-state index is -0.163. The molecule has 1 rings (SSSR count). The van der Waals surface area contributed by atoms with E-state index in [2.05, 4.69) is 32.1 Å². The van der Waals surface area contributed by atoms with Crippen molar-refractivity contribution in [2.24, 2.45) is 5.92 Å². The number of allylic oxidation sites excluding steroid dienone is 3. The Morgan fingerprint density at radius 1 is 1.30 bits per heavy atom. The quantitative estimate of drug-likeness (QED) is 0.420. The molecule has 0 heterocycles. The van der Waals surface area contributed by atoms with Gasteiger partial charge < -0.3 is 4.74 Å². The number of hydrogen-bond donors (Lipinski definition) is 0. The number of hydrogen-bond acceptors (Lipinski definition) is 2. The highest BCUT2D eigenvalue weighted by Gasteiger charge is 2.04. The van der Waals surface area contributed by atoms with Crippen LogP contribution < -0.4 is 0 Å². The lowest BCUT2D eigenvalue weighted by Crippen LogP contribution is -2.08. The molecule has 2 nitrogen and oxygen atoms in total. The van der Waals surface area contributed by atoms with E-state index in [0.29, 0.717) is 18.9 Å². The van der Waals surface area contributed by atoms with Crippen molar-refractivity contribution >= 4 is 5.97 Å². The summed E-state index contributed by atoms with van der Waals surface area (Å²) >= 11 is 0. The van der Waals surface area contributed by atoms with E-state index in [1.165, 1.54) is 5.57 Å². The van der Waals surface area contributed by atoms with Crippen molar-refractivity contribution in [3.8, 4) is 0 Å². The van der Waals surface area contributed by atoms with Crippen LogP contribution in [-0.2, 0) is 16.0 Å². The number of rotatable bonds is 7. The first-order valence-corrected chi connectivity index (χ1v) is 7.12. The second-order valence-electron chi connectivity index (χ2n) is 4.93. The molecule has 1 unspecified atom stereocenters. The Bertz CT molecular complexity index is 458. The lowest BCUT2D eigenvalue weighted by molar-refractivity contribution is -0.142. The molecular formula is C18H24O2. The van der Waals surface area contributed by atoms with Crippen molar-refractivity contribution in [3.05, 3.63) is 59.7 Å². The second kappa shape index (κ2) is 9.13. The number of carbonyl (C=O) groups is 1. The van der Waals surface area contributed by atoms with Crippen LogP contribution in [-0.4, -0.2) is 12.6 Å². The van der Waals surface area contributed by atoms with Crippen molar-refractivity contribution in [1.82, 2.24) is 0 Å². The molecule has 1 aromatic carbocycles. The lowest BCUT2D eigenvalue weighted by atomic mass is 10.0. The minimum Gasteiger partial charge on any atom is -0.465 e. The maximum absolute atomic E-state index is 11.6. The number of benzene rings is 1. The SMILES string of the molecule is C/C=C/C(C)/C(C)=C/CCOC(=O)Cc1ccccc1. The molecule has 108 valence electrons. The van der Waals surface area contributed by atoms with Crippen LogP contribution in [0, 0.1) is 5.92 Å². The maximum atomic E-state index is 11.6. The average molecular weight is 272 g/mol. The number of esters is 1. The van der Waals surface area contributed by atoms with E-state index in [4.69, 9.17) is 4.74 Å². The molecule has 0 aliphatic rings. The topological polar surface area (TPSA) is 26.3 Å². The molecule has 0 radical (unpaired) electrons. The van der Waals surface area contributed by atoms with E-state index in [9.17, 15) is 4.79 Å². The van der Waals surface area contributed by atoms with Gasteiger partial charge >= 0.3 is 5.97 Å². The van der Waals surface area contributed by atoms with Gasteiger partial charge in [-0.15, -0.1) is 0 Å². The normalized spacial score (nSPS) is 13.4. The van der Waals surface area contributed by atoms with E-state index < -0.39 is 0 Å². The van der Waals surface area contributed by atoms with Crippen LogP contribution in [0.25, 0.3) is 0 Å². The second-order valence-corrected chi connectivity index (χ2v) is 4.93. The third-order valence-corrected chi connectivity index (χ3v) is 3.24.